The van der Waals surface area contributed by atoms with Crippen molar-refractivity contribution in [1.29, 1.82) is 0 Å². The van der Waals surface area contributed by atoms with Crippen molar-refractivity contribution in [3.05, 3.63) is 118 Å². The van der Waals surface area contributed by atoms with E-state index in [1.807, 2.05) is 78.9 Å². The van der Waals surface area contributed by atoms with Crippen LogP contribution in [0.1, 0.15) is 57.2 Å². The van der Waals surface area contributed by atoms with Gasteiger partial charge in [0.15, 0.2) is 12.6 Å². The minimum Gasteiger partial charge on any atom is -0.374 e. The third-order valence-electron chi connectivity index (χ3n) is 9.90. The molecular formula is C40H53N3O7. The Morgan fingerprint density at radius 2 is 1.18 bits per heavy atom. The van der Waals surface area contributed by atoms with E-state index < -0.39 is 30.9 Å². The number of ether oxygens (including phenoxy) is 7. The highest BCUT2D eigenvalue weighted by molar-refractivity contribution is 5.15. The molecule has 2 fully saturated rings. The first-order valence-corrected chi connectivity index (χ1v) is 18.0. The lowest BCUT2D eigenvalue weighted by Gasteiger charge is -2.49. The molecule has 0 N–H and O–H groups in total. The largest absolute Gasteiger partial charge is 0.374 e. The summed E-state index contributed by atoms with van der Waals surface area (Å²) in [6.07, 6.45) is -1.57. The fourth-order valence-electron chi connectivity index (χ4n) is 6.81. The third kappa shape index (κ3) is 10.6. The quantitative estimate of drug-likeness (QED) is 0.0573. The SMILES string of the molecule is CCC1O[C@@H](O[C@H]2C(C)C(OCc3ccccc3)[C@H](OCCCN=[N+]=[N-])O[C@H]2COCc2ccccc2)[C@@H](OCc2ccccc2)C(C)[C@H]1C. The first kappa shape index (κ1) is 37.9. The molecule has 3 aromatic carbocycles. The molecule has 0 aliphatic carbocycles. The third-order valence-corrected chi connectivity index (χ3v) is 9.90. The van der Waals surface area contributed by atoms with Crippen LogP contribution in [0.2, 0.25) is 0 Å². The summed E-state index contributed by atoms with van der Waals surface area (Å²) in [5.74, 6) is 0.302. The smallest absolute Gasteiger partial charge is 0.184 e. The molecule has 270 valence electrons. The molecule has 2 aliphatic heterocycles. The Morgan fingerprint density at radius 3 is 1.74 bits per heavy atom. The maximum Gasteiger partial charge on any atom is 0.184 e. The number of hydrogen-bond acceptors (Lipinski definition) is 8. The van der Waals surface area contributed by atoms with Crippen molar-refractivity contribution in [2.24, 2.45) is 22.9 Å². The number of rotatable bonds is 18. The van der Waals surface area contributed by atoms with Crippen LogP contribution in [0, 0.1) is 17.8 Å². The predicted molar refractivity (Wildman–Crippen MR) is 191 cm³/mol. The van der Waals surface area contributed by atoms with Gasteiger partial charge < -0.3 is 33.2 Å². The Kier molecular flexibility index (Phi) is 15.1. The summed E-state index contributed by atoms with van der Waals surface area (Å²) in [5.41, 5.74) is 11.9. The van der Waals surface area contributed by atoms with E-state index in [0.29, 0.717) is 39.4 Å². The summed E-state index contributed by atoms with van der Waals surface area (Å²) in [6, 6.07) is 30.3. The van der Waals surface area contributed by atoms with E-state index in [4.69, 9.17) is 38.7 Å². The first-order valence-electron chi connectivity index (χ1n) is 18.0. The van der Waals surface area contributed by atoms with E-state index in [0.717, 1.165) is 23.1 Å². The average molecular weight is 688 g/mol. The van der Waals surface area contributed by atoms with Gasteiger partial charge in [-0.15, -0.1) is 0 Å². The lowest BCUT2D eigenvalue weighted by Crippen LogP contribution is -2.60. The van der Waals surface area contributed by atoms with Crippen LogP contribution in [0.15, 0.2) is 96.1 Å². The number of benzene rings is 3. The molecule has 2 heterocycles. The van der Waals surface area contributed by atoms with Crippen LogP contribution in [-0.4, -0.2) is 62.9 Å². The molecule has 2 aliphatic rings. The lowest BCUT2D eigenvalue weighted by molar-refractivity contribution is -0.352. The second-order valence-corrected chi connectivity index (χ2v) is 13.4. The number of nitrogens with zero attached hydrogens (tertiary/aromatic N) is 3. The highest BCUT2D eigenvalue weighted by Crippen LogP contribution is 2.39. The normalized spacial score (nSPS) is 29.7. The van der Waals surface area contributed by atoms with Crippen molar-refractivity contribution < 1.29 is 33.2 Å². The highest BCUT2D eigenvalue weighted by Gasteiger charge is 2.50. The molecule has 5 rings (SSSR count). The standard InChI is InChI=1S/C40H53N3O7/c1-5-34-28(2)29(3)37(46-25-32-18-11-7-12-19-32)40(48-34)50-36-30(4)38(47-26-33-20-13-8-14-21-33)39(45-23-15-22-42-43-41)49-35(36)27-44-24-31-16-9-6-10-17-31/h6-14,16-21,28-30,34-40H,5,15,22-27H2,1-4H3/t28-,29?,30?,34?,35+,36+,37+,38?,39-,40+/m1/s1. The summed E-state index contributed by atoms with van der Waals surface area (Å²) < 4.78 is 46.3. The number of azide groups is 1. The van der Waals surface area contributed by atoms with Crippen molar-refractivity contribution in [1.82, 2.24) is 0 Å². The van der Waals surface area contributed by atoms with Crippen LogP contribution < -0.4 is 0 Å². The van der Waals surface area contributed by atoms with Gasteiger partial charge >= 0.3 is 0 Å². The van der Waals surface area contributed by atoms with E-state index in [-0.39, 0.29) is 36.6 Å². The minimum atomic E-state index is -0.690. The Labute approximate surface area is 296 Å². The number of hydrogen-bond donors (Lipinski definition) is 0. The molecule has 50 heavy (non-hydrogen) atoms. The van der Waals surface area contributed by atoms with Gasteiger partial charge in [-0.25, -0.2) is 0 Å². The first-order chi connectivity index (χ1) is 24.5. The molecule has 10 atom stereocenters. The molecule has 2 saturated heterocycles. The van der Waals surface area contributed by atoms with Crippen LogP contribution in [0.25, 0.3) is 10.4 Å². The molecule has 0 amide bonds. The average Bonchev–Trinajstić information content (AvgIpc) is 3.15. The molecular weight excluding hydrogens is 634 g/mol. The molecule has 10 heteroatoms. The Balaban J connectivity index is 1.39. The van der Waals surface area contributed by atoms with Crippen LogP contribution in [0.3, 0.4) is 0 Å². The predicted octanol–water partition coefficient (Wildman–Crippen LogP) is 8.24. The maximum atomic E-state index is 8.73. The lowest BCUT2D eigenvalue weighted by atomic mass is 9.82. The van der Waals surface area contributed by atoms with Gasteiger partial charge in [0, 0.05) is 24.0 Å². The maximum absolute atomic E-state index is 8.73. The molecule has 3 aromatic rings. The molecule has 0 aromatic heterocycles. The second-order valence-electron chi connectivity index (χ2n) is 13.4. The summed E-state index contributed by atoms with van der Waals surface area (Å²) >= 11 is 0. The van der Waals surface area contributed by atoms with E-state index in [1.54, 1.807) is 0 Å². The van der Waals surface area contributed by atoms with Crippen molar-refractivity contribution in [3.63, 3.8) is 0 Å². The fraction of sp³-hybridized carbons (Fsp3) is 0.550. The zero-order chi connectivity index (χ0) is 35.1. The Hall–Kier alpha value is -3.31. The second kappa shape index (κ2) is 19.9. The van der Waals surface area contributed by atoms with Gasteiger partial charge in [-0.3, -0.25) is 0 Å². The summed E-state index contributed by atoms with van der Waals surface area (Å²) in [4.78, 5) is 2.86. The summed E-state index contributed by atoms with van der Waals surface area (Å²) in [6.45, 7) is 11.0. The molecule has 10 nitrogen and oxygen atoms in total. The summed E-state index contributed by atoms with van der Waals surface area (Å²) in [7, 11) is 0. The van der Waals surface area contributed by atoms with Gasteiger partial charge in [0.2, 0.25) is 0 Å². The van der Waals surface area contributed by atoms with Crippen molar-refractivity contribution in [3.8, 4) is 0 Å². The van der Waals surface area contributed by atoms with Crippen molar-refractivity contribution in [2.45, 2.75) is 103 Å². The fourth-order valence-corrected chi connectivity index (χ4v) is 6.81. The molecule has 0 radical (unpaired) electrons. The highest BCUT2D eigenvalue weighted by atomic mass is 16.7. The van der Waals surface area contributed by atoms with E-state index in [2.05, 4.69) is 49.9 Å². The van der Waals surface area contributed by atoms with Gasteiger partial charge in [0.05, 0.1) is 38.6 Å². The monoisotopic (exact) mass is 687 g/mol. The molecule has 4 unspecified atom stereocenters. The molecule has 0 spiro atoms. The molecule has 0 saturated carbocycles. The topological polar surface area (TPSA) is 113 Å². The Bertz CT molecular complexity index is 1430. The zero-order valence-electron chi connectivity index (χ0n) is 29.8. The van der Waals surface area contributed by atoms with Gasteiger partial charge in [-0.1, -0.05) is 124 Å². The van der Waals surface area contributed by atoms with Gasteiger partial charge in [0.1, 0.15) is 18.3 Å². The minimum absolute atomic E-state index is 0.0245. The zero-order valence-corrected chi connectivity index (χ0v) is 29.8. The van der Waals surface area contributed by atoms with Crippen LogP contribution in [0.5, 0.6) is 0 Å². The van der Waals surface area contributed by atoms with Crippen LogP contribution in [0.4, 0.5) is 0 Å². The summed E-state index contributed by atoms with van der Waals surface area (Å²) in [5, 5.41) is 3.65. The van der Waals surface area contributed by atoms with E-state index in [1.165, 1.54) is 0 Å². The van der Waals surface area contributed by atoms with Gasteiger partial charge in [-0.2, -0.15) is 0 Å². The Morgan fingerprint density at radius 1 is 0.640 bits per heavy atom. The van der Waals surface area contributed by atoms with Crippen LogP contribution >= 0.6 is 0 Å². The van der Waals surface area contributed by atoms with Crippen molar-refractivity contribution >= 4 is 0 Å². The van der Waals surface area contributed by atoms with Crippen molar-refractivity contribution in [2.75, 3.05) is 19.8 Å². The van der Waals surface area contributed by atoms with Gasteiger partial charge in [-0.05, 0) is 46.9 Å². The van der Waals surface area contributed by atoms with Gasteiger partial charge in [0.25, 0.3) is 0 Å². The van der Waals surface area contributed by atoms with Crippen LogP contribution in [-0.2, 0) is 53.0 Å². The van der Waals surface area contributed by atoms with E-state index >= 15 is 0 Å². The van der Waals surface area contributed by atoms with E-state index in [9.17, 15) is 0 Å². The molecule has 0 bridgehead atoms.